The molecule has 0 fully saturated rings. The highest BCUT2D eigenvalue weighted by atomic mass is 19.4. The van der Waals surface area contributed by atoms with Crippen LogP contribution in [0.2, 0.25) is 0 Å². The van der Waals surface area contributed by atoms with Crippen molar-refractivity contribution < 1.29 is 22.8 Å². The second kappa shape index (κ2) is 9.75. The first-order valence-corrected chi connectivity index (χ1v) is 10.0. The normalized spacial score (nSPS) is 11.5. The number of hydrogen-bond acceptors (Lipinski definition) is 5. The van der Waals surface area contributed by atoms with Gasteiger partial charge in [-0.2, -0.15) is 18.2 Å². The third-order valence-corrected chi connectivity index (χ3v) is 4.93. The van der Waals surface area contributed by atoms with Crippen molar-refractivity contribution in [2.75, 3.05) is 13.1 Å². The molecule has 170 valence electrons. The molecule has 0 aliphatic carbocycles. The molecular formula is C21H23F3N6O2. The van der Waals surface area contributed by atoms with Gasteiger partial charge in [0.05, 0.1) is 6.54 Å². The van der Waals surface area contributed by atoms with Crippen LogP contribution in [0.3, 0.4) is 0 Å². The summed E-state index contributed by atoms with van der Waals surface area (Å²) in [7, 11) is 0. The molecule has 0 atom stereocenters. The summed E-state index contributed by atoms with van der Waals surface area (Å²) in [5.74, 6) is -2.06. The maximum Gasteiger partial charge on any atom is 0.453 e. The van der Waals surface area contributed by atoms with E-state index in [4.69, 9.17) is 0 Å². The predicted molar refractivity (Wildman–Crippen MR) is 110 cm³/mol. The Morgan fingerprint density at radius 3 is 2.41 bits per heavy atom. The monoisotopic (exact) mass is 448 g/mol. The van der Waals surface area contributed by atoms with Gasteiger partial charge in [0.25, 0.3) is 11.6 Å². The van der Waals surface area contributed by atoms with Crippen molar-refractivity contribution >= 4 is 17.6 Å². The third kappa shape index (κ3) is 5.80. The lowest BCUT2D eigenvalue weighted by Crippen LogP contribution is -2.37. The number of carbonyl (C=O) groups is 2. The lowest BCUT2D eigenvalue weighted by molar-refractivity contribution is -0.144. The Bertz CT molecular complexity index is 1110. The molecule has 3 rings (SSSR count). The van der Waals surface area contributed by atoms with E-state index in [1.54, 1.807) is 13.8 Å². The van der Waals surface area contributed by atoms with E-state index in [0.29, 0.717) is 29.9 Å². The van der Waals surface area contributed by atoms with E-state index in [-0.39, 0.29) is 37.0 Å². The molecule has 32 heavy (non-hydrogen) atoms. The van der Waals surface area contributed by atoms with E-state index < -0.39 is 12.0 Å². The van der Waals surface area contributed by atoms with Crippen molar-refractivity contribution in [3.8, 4) is 0 Å². The van der Waals surface area contributed by atoms with Crippen molar-refractivity contribution in [2.45, 2.75) is 39.3 Å². The fourth-order valence-corrected chi connectivity index (χ4v) is 3.25. The number of halogens is 3. The molecule has 0 radical (unpaired) electrons. The van der Waals surface area contributed by atoms with Crippen LogP contribution < -0.4 is 10.6 Å². The number of benzene rings is 1. The van der Waals surface area contributed by atoms with Crippen molar-refractivity contribution in [3.63, 3.8) is 0 Å². The molecule has 2 aromatic heterocycles. The van der Waals surface area contributed by atoms with Crippen LogP contribution in [-0.4, -0.2) is 44.5 Å². The Hall–Kier alpha value is -3.50. The van der Waals surface area contributed by atoms with E-state index in [1.807, 2.05) is 30.3 Å². The summed E-state index contributed by atoms with van der Waals surface area (Å²) >= 11 is 0. The molecule has 0 bridgehead atoms. The van der Waals surface area contributed by atoms with Crippen LogP contribution >= 0.6 is 0 Å². The summed E-state index contributed by atoms with van der Waals surface area (Å²) in [6.45, 7) is 3.55. The average molecular weight is 448 g/mol. The fourth-order valence-electron chi connectivity index (χ4n) is 3.25. The van der Waals surface area contributed by atoms with Gasteiger partial charge in [0.15, 0.2) is 0 Å². The molecule has 2 heterocycles. The number of nitrogens with one attached hydrogen (secondary N) is 2. The molecule has 0 saturated carbocycles. The van der Waals surface area contributed by atoms with Gasteiger partial charge in [0.1, 0.15) is 0 Å². The Kier molecular flexibility index (Phi) is 7.06. The molecule has 0 unspecified atom stereocenters. The van der Waals surface area contributed by atoms with Gasteiger partial charge >= 0.3 is 6.18 Å². The van der Waals surface area contributed by atoms with Gasteiger partial charge in [-0.05, 0) is 37.8 Å². The molecule has 3 aromatic rings. The Balaban J connectivity index is 1.50. The van der Waals surface area contributed by atoms with Gasteiger partial charge in [-0.1, -0.05) is 30.3 Å². The van der Waals surface area contributed by atoms with E-state index in [9.17, 15) is 22.8 Å². The number of aromatic nitrogens is 4. The van der Waals surface area contributed by atoms with Crippen molar-refractivity contribution in [1.29, 1.82) is 0 Å². The van der Waals surface area contributed by atoms with Crippen LogP contribution in [0.5, 0.6) is 0 Å². The van der Waals surface area contributed by atoms with Crippen LogP contribution in [0, 0.1) is 13.8 Å². The highest BCUT2D eigenvalue weighted by Gasteiger charge is 2.36. The molecular weight excluding hydrogens is 425 g/mol. The van der Waals surface area contributed by atoms with E-state index in [1.165, 1.54) is 0 Å². The zero-order chi connectivity index (χ0) is 23.3. The van der Waals surface area contributed by atoms with Crippen LogP contribution in [0.1, 0.15) is 34.8 Å². The lowest BCUT2D eigenvalue weighted by atomic mass is 10.1. The molecule has 0 aliphatic heterocycles. The van der Waals surface area contributed by atoms with E-state index >= 15 is 0 Å². The summed E-state index contributed by atoms with van der Waals surface area (Å²) in [5, 5.41) is 8.77. The van der Waals surface area contributed by atoms with Crippen molar-refractivity contribution in [2.24, 2.45) is 0 Å². The average Bonchev–Trinajstić information content (AvgIpc) is 3.17. The number of hydrogen-bond donors (Lipinski definition) is 2. The SMILES string of the molecule is Cc1nc2nc(C(F)(F)F)nn2c(C)c1CCC(=O)NCC(=O)NCCc1ccccc1. The first kappa shape index (κ1) is 23.2. The van der Waals surface area contributed by atoms with Gasteiger partial charge in [-0.15, -0.1) is 5.10 Å². The zero-order valence-corrected chi connectivity index (χ0v) is 17.7. The molecule has 2 amide bonds. The van der Waals surface area contributed by atoms with Crippen LogP contribution in [0.15, 0.2) is 30.3 Å². The van der Waals surface area contributed by atoms with Gasteiger partial charge in [0.2, 0.25) is 11.8 Å². The second-order valence-corrected chi connectivity index (χ2v) is 7.27. The minimum absolute atomic E-state index is 0.0486. The number of carbonyl (C=O) groups excluding carboxylic acids is 2. The zero-order valence-electron chi connectivity index (χ0n) is 17.7. The van der Waals surface area contributed by atoms with Crippen LogP contribution in [-0.2, 0) is 28.6 Å². The first-order chi connectivity index (χ1) is 15.1. The summed E-state index contributed by atoms with van der Waals surface area (Å²) < 4.78 is 39.7. The highest BCUT2D eigenvalue weighted by molar-refractivity contribution is 5.84. The van der Waals surface area contributed by atoms with Crippen LogP contribution in [0.4, 0.5) is 13.2 Å². The second-order valence-electron chi connectivity index (χ2n) is 7.27. The standard InChI is InChI=1S/C21H23F3N6O2/c1-13-16(14(2)30-20(27-13)28-19(29-30)21(22,23)24)8-9-17(31)26-12-18(32)25-11-10-15-6-4-3-5-7-15/h3-7H,8-12H2,1-2H3,(H,25,32)(H,26,31). The topological polar surface area (TPSA) is 101 Å². The highest BCUT2D eigenvalue weighted by Crippen LogP contribution is 2.27. The Labute approximate surface area is 182 Å². The first-order valence-electron chi connectivity index (χ1n) is 10.0. The maximum atomic E-state index is 12.9. The molecule has 0 spiro atoms. The number of rotatable bonds is 8. The van der Waals surface area contributed by atoms with Crippen molar-refractivity contribution in [3.05, 3.63) is 58.7 Å². The van der Waals surface area contributed by atoms with E-state index in [0.717, 1.165) is 10.1 Å². The quantitative estimate of drug-likeness (QED) is 0.550. The van der Waals surface area contributed by atoms with Gasteiger partial charge in [-0.3, -0.25) is 9.59 Å². The number of nitrogens with zero attached hydrogens (tertiary/aromatic N) is 4. The van der Waals surface area contributed by atoms with Gasteiger partial charge in [-0.25, -0.2) is 9.50 Å². The molecule has 2 N–H and O–H groups in total. The third-order valence-electron chi connectivity index (χ3n) is 4.93. The molecule has 11 heteroatoms. The number of amides is 2. The van der Waals surface area contributed by atoms with Gasteiger partial charge in [0, 0.05) is 24.4 Å². The maximum absolute atomic E-state index is 12.9. The summed E-state index contributed by atoms with van der Waals surface area (Å²) in [6.07, 6.45) is -3.70. The minimum Gasteiger partial charge on any atom is -0.354 e. The van der Waals surface area contributed by atoms with Gasteiger partial charge < -0.3 is 10.6 Å². The lowest BCUT2D eigenvalue weighted by Gasteiger charge is -2.11. The van der Waals surface area contributed by atoms with E-state index in [2.05, 4.69) is 25.7 Å². The molecule has 8 nitrogen and oxygen atoms in total. The fraction of sp³-hybridized carbons (Fsp3) is 0.381. The van der Waals surface area contributed by atoms with Crippen molar-refractivity contribution in [1.82, 2.24) is 30.2 Å². The summed E-state index contributed by atoms with van der Waals surface area (Å²) in [6, 6.07) is 9.69. The molecule has 1 aromatic carbocycles. The predicted octanol–water partition coefficient (Wildman–Crippen LogP) is 2.17. The number of aryl methyl sites for hydroxylation is 2. The molecule has 0 saturated heterocycles. The minimum atomic E-state index is -4.67. The largest absolute Gasteiger partial charge is 0.453 e. The van der Waals surface area contributed by atoms with Crippen LogP contribution in [0.25, 0.3) is 5.78 Å². The number of fused-ring (bicyclic) bond motifs is 1. The Morgan fingerprint density at radius 2 is 1.72 bits per heavy atom. The summed E-state index contributed by atoms with van der Waals surface area (Å²) in [5.41, 5.74) is 2.62. The smallest absolute Gasteiger partial charge is 0.354 e. The summed E-state index contributed by atoms with van der Waals surface area (Å²) in [4.78, 5) is 31.5. The Morgan fingerprint density at radius 1 is 1.00 bits per heavy atom. The number of alkyl halides is 3. The molecule has 0 aliphatic rings.